The number of ether oxygens (including phenoxy) is 2. The average Bonchev–Trinajstić information content (AvgIpc) is 3.50. The molecule has 3 heterocycles. The topological polar surface area (TPSA) is 131 Å². The van der Waals surface area contributed by atoms with Crippen LogP contribution in [-0.4, -0.2) is 59.7 Å². The van der Waals surface area contributed by atoms with Gasteiger partial charge in [-0.3, -0.25) is 15.0 Å². The van der Waals surface area contributed by atoms with E-state index in [1.54, 1.807) is 30.3 Å². The van der Waals surface area contributed by atoms with Crippen molar-refractivity contribution in [3.05, 3.63) is 58.9 Å². The molecule has 0 fully saturated rings. The van der Waals surface area contributed by atoms with E-state index >= 15 is 0 Å². The van der Waals surface area contributed by atoms with Gasteiger partial charge in [0.05, 0.1) is 32.0 Å². The fourth-order valence-corrected chi connectivity index (χ4v) is 4.34. The molecule has 0 spiro atoms. The van der Waals surface area contributed by atoms with Crippen molar-refractivity contribution in [1.29, 1.82) is 5.41 Å². The number of carbonyl (C=O) groups is 2. The number of methoxy groups -OCH3 is 1. The van der Waals surface area contributed by atoms with E-state index < -0.39 is 5.91 Å². The molecule has 0 saturated carbocycles. The van der Waals surface area contributed by atoms with Crippen molar-refractivity contribution in [1.82, 2.24) is 20.2 Å². The van der Waals surface area contributed by atoms with E-state index in [-0.39, 0.29) is 46.3 Å². The Labute approximate surface area is 232 Å². The minimum Gasteiger partial charge on any atom is -0.496 e. The van der Waals surface area contributed by atoms with Crippen LogP contribution in [0.25, 0.3) is 11.3 Å². The van der Waals surface area contributed by atoms with Crippen LogP contribution in [0.4, 0.5) is 0 Å². The molecule has 1 aliphatic rings. The summed E-state index contributed by atoms with van der Waals surface area (Å²) in [5.74, 6) is 0.966. The zero-order valence-corrected chi connectivity index (χ0v) is 24.0. The Bertz CT molecular complexity index is 1370. The van der Waals surface area contributed by atoms with Crippen molar-refractivity contribution in [3.63, 3.8) is 0 Å². The monoisotopic (exact) mass is 585 g/mol. The SMILES string of the molecule is Br.CCOc1cc2c(nc1C(=O)NC)C(=N)N(CC(=O)c1cc(-c3cnco3)c(OC)c(C(C)(C)C)c1)C2. The molecule has 1 aliphatic heterocycles. The van der Waals surface area contributed by atoms with Crippen LogP contribution in [0.1, 0.15) is 65.4 Å². The van der Waals surface area contributed by atoms with Gasteiger partial charge in [-0.2, -0.15) is 0 Å². The smallest absolute Gasteiger partial charge is 0.273 e. The first kappa shape index (κ1) is 28.8. The summed E-state index contributed by atoms with van der Waals surface area (Å²) in [6.07, 6.45) is 2.91. The van der Waals surface area contributed by atoms with Crippen LogP contribution in [0.2, 0.25) is 0 Å². The lowest BCUT2D eigenvalue weighted by Crippen LogP contribution is -2.31. The van der Waals surface area contributed by atoms with Gasteiger partial charge in [-0.05, 0) is 30.5 Å². The van der Waals surface area contributed by atoms with Gasteiger partial charge in [-0.25, -0.2) is 9.97 Å². The van der Waals surface area contributed by atoms with E-state index in [9.17, 15) is 9.59 Å². The van der Waals surface area contributed by atoms with Crippen molar-refractivity contribution in [2.45, 2.75) is 39.7 Å². The summed E-state index contributed by atoms with van der Waals surface area (Å²) in [5.41, 5.74) is 2.84. The lowest BCUT2D eigenvalue weighted by Gasteiger charge is -2.25. The molecule has 1 aromatic carbocycles. The number of hydrogen-bond donors (Lipinski definition) is 2. The Hall–Kier alpha value is -3.73. The van der Waals surface area contributed by atoms with Crippen molar-refractivity contribution in [2.24, 2.45) is 0 Å². The highest BCUT2D eigenvalue weighted by molar-refractivity contribution is 8.93. The van der Waals surface area contributed by atoms with Gasteiger partial charge < -0.3 is 24.1 Å². The fourth-order valence-electron chi connectivity index (χ4n) is 4.34. The molecule has 1 amide bonds. The van der Waals surface area contributed by atoms with Gasteiger partial charge >= 0.3 is 0 Å². The summed E-state index contributed by atoms with van der Waals surface area (Å²) in [7, 11) is 3.10. The maximum absolute atomic E-state index is 13.6. The van der Waals surface area contributed by atoms with E-state index in [4.69, 9.17) is 19.3 Å². The molecule has 0 radical (unpaired) electrons. The molecule has 11 heteroatoms. The summed E-state index contributed by atoms with van der Waals surface area (Å²) in [5, 5.41) is 11.2. The van der Waals surface area contributed by atoms with Crippen molar-refractivity contribution in [2.75, 3.05) is 27.3 Å². The molecule has 38 heavy (non-hydrogen) atoms. The molecule has 4 rings (SSSR count). The average molecular weight is 586 g/mol. The van der Waals surface area contributed by atoms with Crippen molar-refractivity contribution < 1.29 is 23.5 Å². The van der Waals surface area contributed by atoms with Crippen molar-refractivity contribution >= 4 is 34.5 Å². The van der Waals surface area contributed by atoms with Crippen LogP contribution >= 0.6 is 17.0 Å². The van der Waals surface area contributed by atoms with Crippen LogP contribution in [0.15, 0.2) is 35.2 Å². The third-order valence-corrected chi connectivity index (χ3v) is 6.17. The number of pyridine rings is 1. The molecule has 0 atom stereocenters. The number of ketones is 1. The number of Topliss-reactive ketones (excluding diaryl/α,β-unsaturated/α-hetero) is 1. The third-order valence-electron chi connectivity index (χ3n) is 6.17. The van der Waals surface area contributed by atoms with Gasteiger partial charge in [-0.1, -0.05) is 20.8 Å². The molecule has 0 unspecified atom stereocenters. The summed E-state index contributed by atoms with van der Waals surface area (Å²) < 4.78 is 16.9. The number of amidine groups is 1. The van der Waals surface area contributed by atoms with Gasteiger partial charge in [0.1, 0.15) is 17.3 Å². The second-order valence-electron chi connectivity index (χ2n) is 9.70. The number of fused-ring (bicyclic) bond motifs is 1. The predicted molar refractivity (Wildman–Crippen MR) is 148 cm³/mol. The fraction of sp³-hybridized carbons (Fsp3) is 0.370. The minimum absolute atomic E-state index is 0. The molecule has 2 aromatic heterocycles. The molecular weight excluding hydrogens is 554 g/mol. The van der Waals surface area contributed by atoms with Gasteiger partial charge in [0.2, 0.25) is 0 Å². The van der Waals surface area contributed by atoms with E-state index in [2.05, 4.69) is 15.3 Å². The minimum atomic E-state index is -0.401. The normalized spacial score (nSPS) is 12.6. The van der Waals surface area contributed by atoms with E-state index in [1.807, 2.05) is 33.8 Å². The number of aromatic nitrogens is 2. The largest absolute Gasteiger partial charge is 0.496 e. The number of hydrogen-bond acceptors (Lipinski definition) is 8. The molecular formula is C27H32BrN5O5. The predicted octanol–water partition coefficient (Wildman–Crippen LogP) is 4.40. The summed E-state index contributed by atoms with van der Waals surface area (Å²) in [6.45, 7) is 8.58. The summed E-state index contributed by atoms with van der Waals surface area (Å²) in [4.78, 5) is 36.0. The Morgan fingerprint density at radius 1 is 1.24 bits per heavy atom. The number of benzene rings is 1. The first-order chi connectivity index (χ1) is 17.6. The molecule has 0 aliphatic carbocycles. The molecule has 0 saturated heterocycles. The first-order valence-corrected chi connectivity index (χ1v) is 12.0. The highest BCUT2D eigenvalue weighted by Gasteiger charge is 2.32. The molecule has 3 aromatic rings. The van der Waals surface area contributed by atoms with E-state index in [0.29, 0.717) is 47.2 Å². The Morgan fingerprint density at radius 2 is 1.97 bits per heavy atom. The van der Waals surface area contributed by atoms with E-state index in [1.165, 1.54) is 13.4 Å². The number of oxazole rings is 1. The highest BCUT2D eigenvalue weighted by Crippen LogP contribution is 2.40. The maximum atomic E-state index is 13.6. The summed E-state index contributed by atoms with van der Waals surface area (Å²) >= 11 is 0. The molecule has 0 bridgehead atoms. The van der Waals surface area contributed by atoms with Gasteiger partial charge in [0.15, 0.2) is 29.4 Å². The zero-order valence-electron chi connectivity index (χ0n) is 22.3. The van der Waals surface area contributed by atoms with Gasteiger partial charge in [-0.15, -0.1) is 17.0 Å². The molecule has 10 nitrogen and oxygen atoms in total. The molecule has 202 valence electrons. The highest BCUT2D eigenvalue weighted by atomic mass is 79.9. The molecule has 2 N–H and O–H groups in total. The van der Waals surface area contributed by atoms with Gasteiger partial charge in [0.25, 0.3) is 5.91 Å². The zero-order chi connectivity index (χ0) is 26.9. The van der Waals surface area contributed by atoms with Crippen LogP contribution in [0.3, 0.4) is 0 Å². The third kappa shape index (κ3) is 5.42. The second-order valence-corrected chi connectivity index (χ2v) is 9.70. The Balaban J connectivity index is 0.00000400. The van der Waals surface area contributed by atoms with E-state index in [0.717, 1.165) is 11.1 Å². The Kier molecular flexibility index (Phi) is 8.61. The number of nitrogens with one attached hydrogen (secondary N) is 2. The number of halogens is 1. The van der Waals surface area contributed by atoms with Crippen LogP contribution < -0.4 is 14.8 Å². The second kappa shape index (κ2) is 11.3. The number of rotatable bonds is 8. The number of amides is 1. The Morgan fingerprint density at radius 3 is 2.55 bits per heavy atom. The van der Waals surface area contributed by atoms with Gasteiger partial charge in [0, 0.05) is 30.3 Å². The van der Waals surface area contributed by atoms with Crippen LogP contribution in [0, 0.1) is 5.41 Å². The van der Waals surface area contributed by atoms with Crippen LogP contribution in [-0.2, 0) is 12.0 Å². The standard InChI is InChI=1S/C27H31N5O5.BrH/c1-7-36-20-10-16-12-32(25(28)22(16)31-23(20)26(34)29-5)13-19(33)15-8-17(21-11-30-14-37-21)24(35-6)18(9-15)27(2,3)4;/h8-11,14,28H,7,12-13H2,1-6H3,(H,29,34);1H. The number of nitrogens with zero attached hydrogens (tertiary/aromatic N) is 3. The first-order valence-electron chi connectivity index (χ1n) is 12.0. The lowest BCUT2D eigenvalue weighted by molar-refractivity contribution is 0.0949. The maximum Gasteiger partial charge on any atom is 0.273 e. The quantitative estimate of drug-likeness (QED) is 0.372. The summed E-state index contributed by atoms with van der Waals surface area (Å²) in [6, 6.07) is 5.30. The van der Waals surface area contributed by atoms with Crippen LogP contribution in [0.5, 0.6) is 11.5 Å². The van der Waals surface area contributed by atoms with Crippen molar-refractivity contribution in [3.8, 4) is 22.8 Å². The number of carbonyl (C=O) groups excluding carboxylic acids is 2. The lowest BCUT2D eigenvalue weighted by atomic mass is 9.83.